The molecule has 0 aromatic heterocycles. The molecular formula is C35H41N3O4S. The van der Waals surface area contributed by atoms with E-state index in [1.165, 1.54) is 0 Å². The molecule has 2 saturated heterocycles. The van der Waals surface area contributed by atoms with Crippen molar-refractivity contribution in [3.8, 4) is 0 Å². The molecule has 4 aliphatic heterocycles. The highest BCUT2D eigenvalue weighted by Crippen LogP contribution is 2.66. The van der Waals surface area contributed by atoms with E-state index in [0.29, 0.717) is 13.1 Å². The van der Waals surface area contributed by atoms with Gasteiger partial charge in [0, 0.05) is 29.2 Å². The molecule has 1 spiro atoms. The van der Waals surface area contributed by atoms with Crippen LogP contribution >= 0.6 is 11.8 Å². The smallest absolute Gasteiger partial charge is 0.251 e. The summed E-state index contributed by atoms with van der Waals surface area (Å²) in [5.74, 6) is -1.97. The van der Waals surface area contributed by atoms with Crippen LogP contribution in [0.15, 0.2) is 72.8 Å². The van der Waals surface area contributed by atoms with E-state index in [1.807, 2.05) is 95.3 Å². The Morgan fingerprint density at radius 3 is 2.19 bits per heavy atom. The highest BCUT2D eigenvalue weighted by molar-refractivity contribution is 8.02. The lowest BCUT2D eigenvalue weighted by atomic mass is 9.74. The van der Waals surface area contributed by atoms with Gasteiger partial charge in [0.1, 0.15) is 6.04 Å². The van der Waals surface area contributed by atoms with Gasteiger partial charge >= 0.3 is 0 Å². The molecule has 3 amide bonds. The number of hydrogen-bond donors (Lipinski definition) is 1. The van der Waals surface area contributed by atoms with Crippen molar-refractivity contribution in [2.45, 2.75) is 62.6 Å². The largest absolute Gasteiger partial charge is 0.394 e. The van der Waals surface area contributed by atoms with E-state index in [9.17, 15) is 19.5 Å². The summed E-state index contributed by atoms with van der Waals surface area (Å²) in [6, 6.07) is 14.1. The number of nitrogens with zero attached hydrogens (tertiary/aromatic N) is 3. The first-order valence-electron chi connectivity index (χ1n) is 15.3. The van der Waals surface area contributed by atoms with E-state index >= 15 is 0 Å². The fourth-order valence-electron chi connectivity index (χ4n) is 7.90. The second-order valence-corrected chi connectivity index (χ2v) is 14.4. The number of aliphatic hydroxyl groups is 1. The average Bonchev–Trinajstić information content (AvgIpc) is 3.26. The van der Waals surface area contributed by atoms with Crippen molar-refractivity contribution < 1.29 is 19.5 Å². The molecule has 1 unspecified atom stereocenters. The van der Waals surface area contributed by atoms with Gasteiger partial charge in [-0.2, -0.15) is 0 Å². The van der Waals surface area contributed by atoms with Crippen LogP contribution in [0.3, 0.4) is 0 Å². The maximum Gasteiger partial charge on any atom is 0.251 e. The van der Waals surface area contributed by atoms with Crippen molar-refractivity contribution in [2.75, 3.05) is 29.5 Å². The summed E-state index contributed by atoms with van der Waals surface area (Å²) < 4.78 is -1.67. The number of fused-ring (bicyclic) bond motifs is 2. The van der Waals surface area contributed by atoms with E-state index in [4.69, 9.17) is 0 Å². The quantitative estimate of drug-likeness (QED) is 0.478. The third-order valence-corrected chi connectivity index (χ3v) is 11.9. The zero-order chi connectivity index (χ0) is 30.7. The van der Waals surface area contributed by atoms with Gasteiger partial charge in [0.15, 0.2) is 0 Å². The minimum absolute atomic E-state index is 0.0413. The number of amides is 3. The molecule has 4 heterocycles. The van der Waals surface area contributed by atoms with Gasteiger partial charge in [-0.15, -0.1) is 11.8 Å². The monoisotopic (exact) mass is 599 g/mol. The third-order valence-electron chi connectivity index (χ3n) is 10.1. The Balaban J connectivity index is 1.53. The number of anilines is 2. The summed E-state index contributed by atoms with van der Waals surface area (Å²) in [6.07, 6.45) is 8.90. The summed E-state index contributed by atoms with van der Waals surface area (Å²) in [5, 5.41) is 10.7. The Kier molecular flexibility index (Phi) is 7.58. The third kappa shape index (κ3) is 4.40. The Bertz CT molecular complexity index is 1490. The standard InChI is InChI=1S/C35H41N3O4S/c1-6-22(2)26(21-39)38-30-33(42)37(29-23(3)13-10-14-24(29)4)20-12-18-35(30)28(32(38)41)27-31(40)36(25-15-8-7-9-16-25)19-11-17-34(27,5)43-35/h7-18,22,26-28,30,39H,6,19-21H2,1-5H3/t22-,26-,27+,28-,30?,34-,35-/m0/s1. The molecule has 7 nitrogen and oxygen atoms in total. The lowest BCUT2D eigenvalue weighted by molar-refractivity contribution is -0.143. The van der Waals surface area contributed by atoms with Crippen molar-refractivity contribution in [1.82, 2.24) is 4.90 Å². The molecular weight excluding hydrogens is 558 g/mol. The summed E-state index contributed by atoms with van der Waals surface area (Å²) >= 11 is 1.58. The van der Waals surface area contributed by atoms with Gasteiger partial charge in [-0.3, -0.25) is 14.4 Å². The van der Waals surface area contributed by atoms with Crippen molar-refractivity contribution in [3.63, 3.8) is 0 Å². The van der Waals surface area contributed by atoms with Gasteiger partial charge in [0.25, 0.3) is 5.91 Å². The summed E-state index contributed by atoms with van der Waals surface area (Å²) in [4.78, 5) is 49.7. The van der Waals surface area contributed by atoms with Gasteiger partial charge in [-0.1, -0.05) is 81.0 Å². The number of aliphatic hydroxyl groups excluding tert-OH is 1. The van der Waals surface area contributed by atoms with Crippen molar-refractivity contribution in [2.24, 2.45) is 17.8 Å². The average molecular weight is 600 g/mol. The maximum atomic E-state index is 15.0. The first kappa shape index (κ1) is 29.7. The number of carbonyl (C=O) groups excluding carboxylic acids is 3. The van der Waals surface area contributed by atoms with E-state index < -0.39 is 33.4 Å². The van der Waals surface area contributed by atoms with Crippen LogP contribution in [0.2, 0.25) is 0 Å². The van der Waals surface area contributed by atoms with Crippen LogP contribution in [0.1, 0.15) is 38.3 Å². The first-order valence-corrected chi connectivity index (χ1v) is 16.1. The molecule has 226 valence electrons. The normalized spacial score (nSPS) is 31.4. The zero-order valence-electron chi connectivity index (χ0n) is 25.6. The Morgan fingerprint density at radius 2 is 1.53 bits per heavy atom. The molecule has 0 bridgehead atoms. The van der Waals surface area contributed by atoms with E-state index in [-0.39, 0.29) is 30.2 Å². The highest BCUT2D eigenvalue weighted by atomic mass is 32.2. The Hall–Kier alpha value is -3.36. The van der Waals surface area contributed by atoms with Crippen LogP contribution in [0.4, 0.5) is 11.4 Å². The van der Waals surface area contributed by atoms with E-state index in [1.54, 1.807) is 26.5 Å². The van der Waals surface area contributed by atoms with Crippen molar-refractivity contribution in [3.05, 3.63) is 84.0 Å². The molecule has 6 rings (SSSR count). The Labute approximate surface area is 258 Å². The highest BCUT2D eigenvalue weighted by Gasteiger charge is 2.74. The minimum atomic E-state index is -0.973. The number of aryl methyl sites for hydroxylation is 2. The number of likely N-dealkylation sites (tertiary alicyclic amines) is 1. The molecule has 0 radical (unpaired) electrons. The number of carbonyl (C=O) groups is 3. The zero-order valence-corrected chi connectivity index (χ0v) is 26.4. The van der Waals surface area contributed by atoms with Crippen LogP contribution in [0.25, 0.3) is 0 Å². The number of para-hydroxylation sites is 2. The molecule has 2 aromatic rings. The van der Waals surface area contributed by atoms with Crippen molar-refractivity contribution in [1.29, 1.82) is 0 Å². The van der Waals surface area contributed by atoms with E-state index in [0.717, 1.165) is 28.9 Å². The van der Waals surface area contributed by atoms with Gasteiger partial charge in [0.2, 0.25) is 11.8 Å². The molecule has 1 N–H and O–H groups in total. The number of rotatable bonds is 6. The summed E-state index contributed by atoms with van der Waals surface area (Å²) in [5.41, 5.74) is 3.61. The lowest BCUT2D eigenvalue weighted by Gasteiger charge is -2.41. The SMILES string of the molecule is CC[C@H](C)[C@H](CO)N1C(=O)[C@@H]2[C@@H]3C(=O)N(c4ccccc4)CC=C[C@]3(C)S[C@@]23C=CCN(c2c(C)cccc2C)C(=O)C13. The second kappa shape index (κ2) is 11.0. The van der Waals surface area contributed by atoms with Crippen LogP contribution in [-0.2, 0) is 14.4 Å². The molecule has 4 aliphatic rings. The summed E-state index contributed by atoms with van der Waals surface area (Å²) in [6.45, 7) is 10.6. The topological polar surface area (TPSA) is 81.2 Å². The fourth-order valence-corrected chi connectivity index (χ4v) is 10.0. The van der Waals surface area contributed by atoms with Gasteiger partial charge < -0.3 is 19.8 Å². The molecule has 7 atom stereocenters. The van der Waals surface area contributed by atoms with Crippen molar-refractivity contribution >= 4 is 40.9 Å². The predicted octanol–water partition coefficient (Wildman–Crippen LogP) is 4.90. The second-order valence-electron chi connectivity index (χ2n) is 12.7. The minimum Gasteiger partial charge on any atom is -0.394 e. The molecule has 2 aromatic carbocycles. The molecule has 8 heteroatoms. The molecule has 43 heavy (non-hydrogen) atoms. The number of benzene rings is 2. The van der Waals surface area contributed by atoms with Crippen LogP contribution in [0, 0.1) is 31.6 Å². The van der Waals surface area contributed by atoms with Crippen LogP contribution < -0.4 is 9.80 Å². The van der Waals surface area contributed by atoms with Gasteiger partial charge in [0.05, 0.1) is 29.2 Å². The molecule has 2 fully saturated rings. The number of thioether (sulfide) groups is 1. The predicted molar refractivity (Wildman–Crippen MR) is 172 cm³/mol. The number of hydrogen-bond acceptors (Lipinski definition) is 5. The lowest BCUT2D eigenvalue weighted by Crippen LogP contribution is -2.58. The Morgan fingerprint density at radius 1 is 0.884 bits per heavy atom. The van der Waals surface area contributed by atoms with E-state index in [2.05, 4.69) is 12.2 Å². The molecule has 0 aliphatic carbocycles. The first-order chi connectivity index (χ1) is 20.6. The molecule has 0 saturated carbocycles. The van der Waals surface area contributed by atoms with Crippen LogP contribution in [0.5, 0.6) is 0 Å². The summed E-state index contributed by atoms with van der Waals surface area (Å²) in [7, 11) is 0. The maximum absolute atomic E-state index is 15.0. The fraction of sp³-hybridized carbons (Fsp3) is 0.457. The van der Waals surface area contributed by atoms with Gasteiger partial charge in [-0.25, -0.2) is 0 Å². The van der Waals surface area contributed by atoms with Crippen LogP contribution in [-0.4, -0.2) is 69.0 Å². The van der Waals surface area contributed by atoms with Gasteiger partial charge in [-0.05, 0) is 49.9 Å².